The molecule has 2 aromatic rings. The van der Waals surface area contributed by atoms with Crippen LogP contribution in [0.5, 0.6) is 17.2 Å². The minimum atomic E-state index is -3.17. The van der Waals surface area contributed by atoms with E-state index >= 15 is 0 Å². The Kier molecular flexibility index (Phi) is 6.68. The topological polar surface area (TPSA) is 90.9 Å². The van der Waals surface area contributed by atoms with E-state index in [1.54, 1.807) is 36.4 Å². The number of amides is 1. The summed E-state index contributed by atoms with van der Waals surface area (Å²) in [6.45, 7) is 0.207. The van der Waals surface area contributed by atoms with Crippen molar-refractivity contribution in [1.29, 1.82) is 0 Å². The molecule has 0 saturated heterocycles. The summed E-state index contributed by atoms with van der Waals surface area (Å²) in [6, 6.07) is 9.96. The number of carbonyl (C=O) groups is 1. The van der Waals surface area contributed by atoms with Crippen LogP contribution in [0.25, 0.3) is 0 Å². The maximum atomic E-state index is 12.5. The summed E-state index contributed by atoms with van der Waals surface area (Å²) in [5, 5.41) is 2.80. The van der Waals surface area contributed by atoms with Gasteiger partial charge in [0.25, 0.3) is 5.91 Å². The number of hydrogen-bond acceptors (Lipinski definition) is 6. The first-order valence-electron chi connectivity index (χ1n) is 8.11. The second-order valence-electron chi connectivity index (χ2n) is 5.97. The quantitative estimate of drug-likeness (QED) is 0.739. The van der Waals surface area contributed by atoms with Gasteiger partial charge in [-0.3, -0.25) is 4.79 Å². The fourth-order valence-corrected chi connectivity index (χ4v) is 3.40. The number of benzene rings is 2. The van der Waals surface area contributed by atoms with Crippen molar-refractivity contribution in [1.82, 2.24) is 5.32 Å². The van der Waals surface area contributed by atoms with Crippen molar-refractivity contribution < 1.29 is 27.4 Å². The minimum absolute atomic E-state index is 0.113. The number of hydrogen-bond donors (Lipinski definition) is 1. The van der Waals surface area contributed by atoms with Crippen molar-refractivity contribution in [3.8, 4) is 17.2 Å². The Balaban J connectivity index is 2.17. The van der Waals surface area contributed by atoms with Crippen molar-refractivity contribution >= 4 is 15.7 Å². The highest BCUT2D eigenvalue weighted by Crippen LogP contribution is 2.34. The lowest BCUT2D eigenvalue weighted by Gasteiger charge is -2.14. The molecule has 0 aliphatic heterocycles. The van der Waals surface area contributed by atoms with E-state index in [-0.39, 0.29) is 18.2 Å². The molecular weight excluding hydrogens is 370 g/mol. The lowest BCUT2D eigenvalue weighted by Crippen LogP contribution is -2.23. The summed E-state index contributed by atoms with van der Waals surface area (Å²) in [4.78, 5) is 12.5. The van der Waals surface area contributed by atoms with Crippen molar-refractivity contribution in [2.24, 2.45) is 0 Å². The molecule has 0 aliphatic carbocycles. The summed E-state index contributed by atoms with van der Waals surface area (Å²) >= 11 is 0. The third-order valence-electron chi connectivity index (χ3n) is 3.84. The molecule has 0 atom stereocenters. The standard InChI is InChI=1S/C19H23NO6S/c1-24-16-10-18(26-3)17(25-2)9-15(16)11-20-19(21)14-7-5-6-13(8-14)12-27(4,22)23/h5-10H,11-12H2,1-4H3,(H,20,21). The lowest BCUT2D eigenvalue weighted by atomic mass is 10.1. The Morgan fingerprint density at radius 3 is 2.19 bits per heavy atom. The van der Waals surface area contributed by atoms with Gasteiger partial charge < -0.3 is 19.5 Å². The Labute approximate surface area is 159 Å². The monoisotopic (exact) mass is 393 g/mol. The first-order chi connectivity index (χ1) is 12.8. The van der Waals surface area contributed by atoms with Crippen LogP contribution >= 0.6 is 0 Å². The molecule has 0 heterocycles. The summed E-state index contributed by atoms with van der Waals surface area (Å²) in [7, 11) is 1.41. The average Bonchev–Trinajstić information content (AvgIpc) is 2.64. The summed E-state index contributed by atoms with van der Waals surface area (Å²) in [6.07, 6.45) is 1.16. The first kappa shape index (κ1) is 20.6. The second-order valence-corrected chi connectivity index (χ2v) is 8.11. The maximum absolute atomic E-state index is 12.5. The Morgan fingerprint density at radius 2 is 1.59 bits per heavy atom. The summed E-state index contributed by atoms with van der Waals surface area (Å²) in [5.74, 6) is 1.18. The molecule has 2 rings (SSSR count). The predicted octanol–water partition coefficient (Wildman–Crippen LogP) is 2.19. The van der Waals surface area contributed by atoms with Crippen molar-refractivity contribution in [2.45, 2.75) is 12.3 Å². The molecule has 0 spiro atoms. The molecule has 0 unspecified atom stereocenters. The van der Waals surface area contributed by atoms with Gasteiger partial charge >= 0.3 is 0 Å². The molecule has 0 fully saturated rings. The normalized spacial score (nSPS) is 11.0. The van der Waals surface area contributed by atoms with Gasteiger partial charge in [0.15, 0.2) is 21.3 Å². The Hall–Kier alpha value is -2.74. The van der Waals surface area contributed by atoms with Crippen LogP contribution in [0.4, 0.5) is 0 Å². The van der Waals surface area contributed by atoms with Crippen molar-refractivity contribution in [3.05, 3.63) is 53.1 Å². The number of sulfone groups is 1. The maximum Gasteiger partial charge on any atom is 0.251 e. The van der Waals surface area contributed by atoms with E-state index in [2.05, 4.69) is 5.32 Å². The molecule has 27 heavy (non-hydrogen) atoms. The zero-order valence-corrected chi connectivity index (χ0v) is 16.6. The van der Waals surface area contributed by atoms with E-state index in [9.17, 15) is 13.2 Å². The van der Waals surface area contributed by atoms with E-state index in [1.807, 2.05) is 0 Å². The van der Waals surface area contributed by atoms with E-state index in [0.29, 0.717) is 28.4 Å². The van der Waals surface area contributed by atoms with Crippen LogP contribution in [0.3, 0.4) is 0 Å². The SMILES string of the molecule is COc1cc(OC)c(OC)cc1CNC(=O)c1cccc(CS(C)(=O)=O)c1. The van der Waals surface area contributed by atoms with Crippen LogP contribution in [0.2, 0.25) is 0 Å². The van der Waals surface area contributed by atoms with Gasteiger partial charge in [-0.2, -0.15) is 0 Å². The van der Waals surface area contributed by atoms with Gasteiger partial charge in [-0.05, 0) is 23.8 Å². The fourth-order valence-electron chi connectivity index (χ4n) is 2.61. The Morgan fingerprint density at radius 1 is 0.963 bits per heavy atom. The molecule has 7 nitrogen and oxygen atoms in total. The zero-order valence-electron chi connectivity index (χ0n) is 15.7. The van der Waals surface area contributed by atoms with E-state index in [1.165, 1.54) is 21.3 Å². The van der Waals surface area contributed by atoms with Crippen LogP contribution in [0.1, 0.15) is 21.5 Å². The first-order valence-corrected chi connectivity index (χ1v) is 10.2. The third-order valence-corrected chi connectivity index (χ3v) is 4.70. The molecule has 0 aliphatic rings. The van der Waals surface area contributed by atoms with Gasteiger partial charge in [-0.1, -0.05) is 12.1 Å². The summed E-state index contributed by atoms with van der Waals surface area (Å²) in [5.41, 5.74) is 1.67. The average molecular weight is 393 g/mol. The van der Waals surface area contributed by atoms with Crippen molar-refractivity contribution in [2.75, 3.05) is 27.6 Å². The molecule has 1 amide bonds. The number of ether oxygens (including phenoxy) is 3. The number of rotatable bonds is 8. The lowest BCUT2D eigenvalue weighted by molar-refractivity contribution is 0.0950. The number of methoxy groups -OCH3 is 3. The minimum Gasteiger partial charge on any atom is -0.496 e. The van der Waals surface area contributed by atoms with Gasteiger partial charge in [-0.15, -0.1) is 0 Å². The largest absolute Gasteiger partial charge is 0.496 e. The second kappa shape index (κ2) is 8.77. The van der Waals surface area contributed by atoms with E-state index < -0.39 is 9.84 Å². The van der Waals surface area contributed by atoms with Crippen LogP contribution in [-0.2, 0) is 22.1 Å². The molecule has 2 aromatic carbocycles. The molecule has 0 radical (unpaired) electrons. The molecule has 8 heteroatoms. The highest BCUT2D eigenvalue weighted by atomic mass is 32.2. The third kappa shape index (κ3) is 5.62. The van der Waals surface area contributed by atoms with Crippen LogP contribution < -0.4 is 19.5 Å². The van der Waals surface area contributed by atoms with Gasteiger partial charge in [-0.25, -0.2) is 8.42 Å². The molecule has 1 N–H and O–H groups in total. The zero-order chi connectivity index (χ0) is 20.0. The molecular formula is C19H23NO6S. The number of nitrogens with one attached hydrogen (secondary N) is 1. The molecule has 0 saturated carbocycles. The van der Waals surface area contributed by atoms with Gasteiger partial charge in [0.1, 0.15) is 5.75 Å². The fraction of sp³-hybridized carbons (Fsp3) is 0.316. The van der Waals surface area contributed by atoms with Gasteiger partial charge in [0, 0.05) is 30.0 Å². The van der Waals surface area contributed by atoms with Crippen LogP contribution in [0, 0.1) is 0 Å². The highest BCUT2D eigenvalue weighted by molar-refractivity contribution is 7.89. The number of carbonyl (C=O) groups excluding carboxylic acids is 1. The van der Waals surface area contributed by atoms with E-state index in [4.69, 9.17) is 14.2 Å². The highest BCUT2D eigenvalue weighted by Gasteiger charge is 2.14. The van der Waals surface area contributed by atoms with Crippen molar-refractivity contribution in [3.63, 3.8) is 0 Å². The molecule has 0 aromatic heterocycles. The summed E-state index contributed by atoms with van der Waals surface area (Å²) < 4.78 is 38.7. The smallest absolute Gasteiger partial charge is 0.251 e. The van der Waals surface area contributed by atoms with Crippen LogP contribution in [-0.4, -0.2) is 41.9 Å². The molecule has 0 bridgehead atoms. The van der Waals surface area contributed by atoms with E-state index in [0.717, 1.165) is 11.8 Å². The van der Waals surface area contributed by atoms with Crippen LogP contribution in [0.15, 0.2) is 36.4 Å². The predicted molar refractivity (Wildman–Crippen MR) is 102 cm³/mol. The Bertz CT molecular complexity index is 924. The molecule has 146 valence electrons. The van der Waals surface area contributed by atoms with Gasteiger partial charge in [0.2, 0.25) is 0 Å². The van der Waals surface area contributed by atoms with Gasteiger partial charge in [0.05, 0.1) is 27.1 Å².